The van der Waals surface area contributed by atoms with Crippen molar-refractivity contribution in [1.82, 2.24) is 14.6 Å². The third-order valence-electron chi connectivity index (χ3n) is 3.02. The minimum Gasteiger partial charge on any atom is -0.507 e. The number of halogens is 1. The van der Waals surface area contributed by atoms with Gasteiger partial charge < -0.3 is 20.5 Å². The summed E-state index contributed by atoms with van der Waals surface area (Å²) in [5.41, 5.74) is 1.33. The number of hydrogen-bond donors (Lipinski definition) is 2. The summed E-state index contributed by atoms with van der Waals surface area (Å²) in [4.78, 5) is 14.3. The van der Waals surface area contributed by atoms with Crippen LogP contribution in [0, 0.1) is 10.1 Å². The van der Waals surface area contributed by atoms with E-state index in [2.05, 4.69) is 31.3 Å². The Kier molecular flexibility index (Phi) is 3.63. The first-order chi connectivity index (χ1) is 10.5. The van der Waals surface area contributed by atoms with E-state index in [4.69, 9.17) is 0 Å². The Morgan fingerprint density at radius 3 is 2.91 bits per heavy atom. The zero-order chi connectivity index (χ0) is 15.7. The Balaban J connectivity index is 1.83. The van der Waals surface area contributed by atoms with E-state index in [0.29, 0.717) is 22.5 Å². The van der Waals surface area contributed by atoms with Gasteiger partial charge in [-0.05, 0) is 44.6 Å². The lowest BCUT2D eigenvalue weighted by molar-refractivity contribution is -0.391. The number of nitrogens with one attached hydrogen (secondary N) is 1. The number of fused-ring (bicyclic) bond motifs is 1. The molecule has 3 aromatic rings. The molecule has 0 saturated carbocycles. The number of benzene rings is 1. The molecule has 0 bridgehead atoms. The fourth-order valence-electron chi connectivity index (χ4n) is 1.93. The van der Waals surface area contributed by atoms with E-state index in [0.717, 1.165) is 5.56 Å². The molecule has 0 aliphatic heterocycles. The molecule has 9 heteroatoms. The van der Waals surface area contributed by atoms with Crippen molar-refractivity contribution in [2.75, 3.05) is 5.32 Å². The lowest BCUT2D eigenvalue weighted by Gasteiger charge is -2.06. The third-order valence-corrected chi connectivity index (χ3v) is 3.65. The van der Waals surface area contributed by atoms with E-state index < -0.39 is 4.92 Å². The number of imidazole rings is 1. The van der Waals surface area contributed by atoms with Crippen molar-refractivity contribution in [3.8, 4) is 5.75 Å². The van der Waals surface area contributed by atoms with Gasteiger partial charge in [0.2, 0.25) is 5.65 Å². The highest BCUT2D eigenvalue weighted by Gasteiger charge is 2.15. The number of hydrogen-bond acceptors (Lipinski definition) is 6. The molecule has 8 nitrogen and oxygen atoms in total. The molecule has 0 radical (unpaired) electrons. The normalized spacial score (nSPS) is 10.8. The van der Waals surface area contributed by atoms with Crippen LogP contribution in [0.1, 0.15) is 5.56 Å². The van der Waals surface area contributed by atoms with Crippen LogP contribution in [0.25, 0.3) is 5.65 Å². The Morgan fingerprint density at radius 1 is 1.36 bits per heavy atom. The highest BCUT2D eigenvalue weighted by molar-refractivity contribution is 9.10. The Morgan fingerprint density at radius 2 is 2.18 bits per heavy atom. The SMILES string of the molecule is O=[N+]([O-])c1cnc2ccc(NCc3ccc(O)c(Br)c3)nn12. The number of phenolic OH excluding ortho intramolecular Hbond substituents is 1. The first-order valence-corrected chi connectivity index (χ1v) is 7.04. The first-order valence-electron chi connectivity index (χ1n) is 6.25. The Hall–Kier alpha value is -2.68. The van der Waals surface area contributed by atoms with Gasteiger partial charge in [0, 0.05) is 12.6 Å². The second-order valence-electron chi connectivity index (χ2n) is 4.50. The fourth-order valence-corrected chi connectivity index (χ4v) is 2.36. The van der Waals surface area contributed by atoms with Gasteiger partial charge in [0.1, 0.15) is 11.9 Å². The molecule has 0 atom stereocenters. The van der Waals surface area contributed by atoms with Crippen LogP contribution in [0.5, 0.6) is 5.75 Å². The highest BCUT2D eigenvalue weighted by Crippen LogP contribution is 2.24. The van der Waals surface area contributed by atoms with Gasteiger partial charge >= 0.3 is 5.82 Å². The molecular weight excluding hydrogens is 354 g/mol. The summed E-state index contributed by atoms with van der Waals surface area (Å²) in [6.07, 6.45) is 1.17. The summed E-state index contributed by atoms with van der Waals surface area (Å²) in [7, 11) is 0. The average Bonchev–Trinajstić information content (AvgIpc) is 2.91. The summed E-state index contributed by atoms with van der Waals surface area (Å²) in [5, 5.41) is 27.6. The van der Waals surface area contributed by atoms with Crippen LogP contribution < -0.4 is 5.32 Å². The maximum absolute atomic E-state index is 10.9. The quantitative estimate of drug-likeness (QED) is 0.545. The van der Waals surface area contributed by atoms with Crippen LogP contribution in [0.15, 0.2) is 41.0 Å². The second-order valence-corrected chi connectivity index (χ2v) is 5.36. The van der Waals surface area contributed by atoms with E-state index in [9.17, 15) is 15.2 Å². The van der Waals surface area contributed by atoms with E-state index in [1.807, 2.05) is 0 Å². The van der Waals surface area contributed by atoms with Crippen molar-refractivity contribution in [2.24, 2.45) is 0 Å². The van der Waals surface area contributed by atoms with E-state index >= 15 is 0 Å². The van der Waals surface area contributed by atoms with Gasteiger partial charge in [-0.2, -0.15) is 0 Å². The van der Waals surface area contributed by atoms with Crippen molar-refractivity contribution < 1.29 is 10.0 Å². The van der Waals surface area contributed by atoms with Crippen molar-refractivity contribution in [3.05, 3.63) is 56.7 Å². The zero-order valence-electron chi connectivity index (χ0n) is 11.1. The third kappa shape index (κ3) is 2.70. The monoisotopic (exact) mass is 363 g/mol. The van der Waals surface area contributed by atoms with Gasteiger partial charge in [-0.25, -0.2) is 4.98 Å². The molecule has 0 aliphatic rings. The van der Waals surface area contributed by atoms with Gasteiger partial charge in [-0.1, -0.05) is 15.7 Å². The first kappa shape index (κ1) is 14.3. The predicted octanol–water partition coefficient (Wildman–Crippen LogP) is 2.72. The van der Waals surface area contributed by atoms with Gasteiger partial charge in [0.15, 0.2) is 5.82 Å². The molecule has 0 unspecified atom stereocenters. The second kappa shape index (κ2) is 5.60. The molecule has 112 valence electrons. The van der Waals surface area contributed by atoms with Crippen LogP contribution in [0.3, 0.4) is 0 Å². The zero-order valence-corrected chi connectivity index (χ0v) is 12.7. The highest BCUT2D eigenvalue weighted by atomic mass is 79.9. The minimum atomic E-state index is -0.534. The Bertz CT molecular complexity index is 864. The molecule has 0 fully saturated rings. The summed E-state index contributed by atoms with van der Waals surface area (Å²) in [6.45, 7) is 0.458. The van der Waals surface area contributed by atoms with Gasteiger partial charge in [-0.3, -0.25) is 0 Å². The van der Waals surface area contributed by atoms with E-state index in [1.54, 1.807) is 30.3 Å². The number of aromatic hydroxyl groups is 1. The van der Waals surface area contributed by atoms with Crippen molar-refractivity contribution in [3.63, 3.8) is 0 Å². The maximum Gasteiger partial charge on any atom is 0.368 e. The van der Waals surface area contributed by atoms with Crippen LogP contribution >= 0.6 is 15.9 Å². The minimum absolute atomic E-state index is 0.164. The maximum atomic E-state index is 10.9. The smallest absolute Gasteiger partial charge is 0.368 e. The lowest BCUT2D eigenvalue weighted by atomic mass is 10.2. The summed E-state index contributed by atoms with van der Waals surface area (Å²) >= 11 is 3.24. The number of nitrogens with zero attached hydrogens (tertiary/aromatic N) is 4. The summed E-state index contributed by atoms with van der Waals surface area (Å²) in [5.74, 6) is 0.459. The summed E-state index contributed by atoms with van der Waals surface area (Å²) < 4.78 is 1.77. The summed E-state index contributed by atoms with van der Waals surface area (Å²) in [6, 6.07) is 8.47. The molecule has 2 heterocycles. The van der Waals surface area contributed by atoms with E-state index in [1.165, 1.54) is 10.7 Å². The molecular formula is C13H10BrN5O3. The number of phenols is 1. The largest absolute Gasteiger partial charge is 0.507 e. The van der Waals surface area contributed by atoms with Gasteiger partial charge in [0.25, 0.3) is 0 Å². The van der Waals surface area contributed by atoms with E-state index in [-0.39, 0.29) is 11.6 Å². The average molecular weight is 364 g/mol. The molecule has 0 aliphatic carbocycles. The lowest BCUT2D eigenvalue weighted by Crippen LogP contribution is -2.05. The number of nitro groups is 1. The predicted molar refractivity (Wildman–Crippen MR) is 82.8 cm³/mol. The molecule has 2 aromatic heterocycles. The molecule has 0 spiro atoms. The molecule has 0 saturated heterocycles. The van der Waals surface area contributed by atoms with Crippen molar-refractivity contribution >= 4 is 33.2 Å². The molecule has 1 aromatic carbocycles. The van der Waals surface area contributed by atoms with Crippen LogP contribution in [0.2, 0.25) is 0 Å². The number of aromatic nitrogens is 3. The van der Waals surface area contributed by atoms with Crippen LogP contribution in [-0.2, 0) is 6.54 Å². The topological polar surface area (TPSA) is 106 Å². The number of anilines is 1. The van der Waals surface area contributed by atoms with Crippen molar-refractivity contribution in [2.45, 2.75) is 6.54 Å². The number of rotatable bonds is 4. The van der Waals surface area contributed by atoms with Crippen LogP contribution in [0.4, 0.5) is 11.6 Å². The van der Waals surface area contributed by atoms with Gasteiger partial charge in [-0.15, -0.1) is 0 Å². The molecule has 22 heavy (non-hydrogen) atoms. The fraction of sp³-hybridized carbons (Fsp3) is 0.0769. The standard InChI is InChI=1S/C13H10BrN5O3/c14-9-5-8(1-2-10(9)20)6-15-11-3-4-12-16-7-13(19(21)22)18(12)17-11/h1-5,7,20H,6H2,(H,15,17). The molecule has 2 N–H and O–H groups in total. The Labute approximate surface area is 132 Å². The molecule has 3 rings (SSSR count). The molecule has 0 amide bonds. The van der Waals surface area contributed by atoms with Crippen molar-refractivity contribution in [1.29, 1.82) is 0 Å². The van der Waals surface area contributed by atoms with Gasteiger partial charge in [0.05, 0.1) is 4.47 Å². The van der Waals surface area contributed by atoms with Crippen LogP contribution in [-0.4, -0.2) is 24.6 Å².